The van der Waals surface area contributed by atoms with E-state index in [1.807, 2.05) is 4.90 Å². The Kier molecular flexibility index (Phi) is 9.81. The molecular weight excluding hydrogens is 588 g/mol. The highest BCUT2D eigenvalue weighted by Crippen LogP contribution is 2.54. The number of benzene rings is 1. The SMILES string of the molecule is C=CC(=O)N1CCN(C2NC(OCC3CCCN3C)NC3(C4CCCCC4)C[C@]4(CCC23)Cc2c(C)cccc2CO4)CC1CC#N. The van der Waals surface area contributed by atoms with Crippen LogP contribution >= 0.6 is 0 Å². The lowest BCUT2D eigenvalue weighted by Crippen LogP contribution is -2.80. The zero-order valence-electron chi connectivity index (χ0n) is 28.7. The first kappa shape index (κ1) is 33.2. The summed E-state index contributed by atoms with van der Waals surface area (Å²) in [6, 6.07) is 9.33. The number of hydrogen-bond acceptors (Lipinski definition) is 8. The van der Waals surface area contributed by atoms with E-state index >= 15 is 0 Å². The summed E-state index contributed by atoms with van der Waals surface area (Å²) >= 11 is 0. The molecule has 0 bridgehead atoms. The molecule has 3 saturated heterocycles. The van der Waals surface area contributed by atoms with Crippen molar-refractivity contribution in [1.82, 2.24) is 25.3 Å². The monoisotopic (exact) mass is 644 g/mol. The van der Waals surface area contributed by atoms with E-state index in [0.717, 1.165) is 38.8 Å². The Labute approximate surface area is 282 Å². The Morgan fingerprint density at radius 3 is 2.77 bits per heavy atom. The van der Waals surface area contributed by atoms with Crippen LogP contribution < -0.4 is 10.6 Å². The third kappa shape index (κ3) is 6.42. The van der Waals surface area contributed by atoms with E-state index in [1.54, 1.807) is 0 Å². The van der Waals surface area contributed by atoms with Gasteiger partial charge >= 0.3 is 0 Å². The minimum absolute atomic E-state index is 0.0776. The fraction of sp³-hybridized carbons (Fsp3) is 0.737. The molecule has 7 atom stereocenters. The van der Waals surface area contributed by atoms with Gasteiger partial charge in [0.2, 0.25) is 5.91 Å². The zero-order chi connectivity index (χ0) is 32.6. The van der Waals surface area contributed by atoms with E-state index in [1.165, 1.54) is 67.7 Å². The van der Waals surface area contributed by atoms with Gasteiger partial charge in [-0.1, -0.05) is 44.0 Å². The summed E-state index contributed by atoms with van der Waals surface area (Å²) in [5, 5.41) is 18.0. The normalized spacial score (nSPS) is 36.9. The van der Waals surface area contributed by atoms with Gasteiger partial charge in [0.05, 0.1) is 43.5 Å². The molecule has 9 heteroatoms. The first-order valence-corrected chi connectivity index (χ1v) is 18.5. The predicted molar refractivity (Wildman–Crippen MR) is 182 cm³/mol. The van der Waals surface area contributed by atoms with Gasteiger partial charge in [0.15, 0.2) is 6.35 Å². The van der Waals surface area contributed by atoms with E-state index in [0.29, 0.717) is 50.6 Å². The predicted octanol–water partition coefficient (Wildman–Crippen LogP) is 4.45. The molecule has 47 heavy (non-hydrogen) atoms. The number of carbonyl (C=O) groups is 1. The summed E-state index contributed by atoms with van der Waals surface area (Å²) in [7, 11) is 2.22. The van der Waals surface area contributed by atoms with Crippen LogP contribution in [0.4, 0.5) is 0 Å². The molecule has 0 radical (unpaired) electrons. The first-order chi connectivity index (χ1) is 22.8. The van der Waals surface area contributed by atoms with Crippen LogP contribution in [-0.2, 0) is 27.3 Å². The molecule has 1 amide bonds. The Morgan fingerprint density at radius 2 is 2.00 bits per heavy atom. The van der Waals surface area contributed by atoms with Gasteiger partial charge in [-0.25, -0.2) is 0 Å². The van der Waals surface area contributed by atoms with Crippen molar-refractivity contribution in [1.29, 1.82) is 5.26 Å². The van der Waals surface area contributed by atoms with Crippen molar-refractivity contribution < 1.29 is 14.3 Å². The molecule has 7 rings (SSSR count). The topological polar surface area (TPSA) is 93.1 Å². The van der Waals surface area contributed by atoms with Crippen LogP contribution in [0.3, 0.4) is 0 Å². The second-order valence-electron chi connectivity index (χ2n) is 15.6. The van der Waals surface area contributed by atoms with Gasteiger partial charge in [0, 0.05) is 43.6 Å². The number of likely N-dealkylation sites (N-methyl/N-ethyl adjacent to an activating group) is 1. The second kappa shape index (κ2) is 13.9. The van der Waals surface area contributed by atoms with E-state index in [-0.39, 0.29) is 35.6 Å². The number of rotatable bonds is 7. The minimum Gasteiger partial charge on any atom is -0.370 e. The second-order valence-corrected chi connectivity index (χ2v) is 15.6. The third-order valence-corrected chi connectivity index (χ3v) is 13.0. The summed E-state index contributed by atoms with van der Waals surface area (Å²) in [4.78, 5) is 19.7. The smallest absolute Gasteiger partial charge is 0.246 e. The molecule has 1 spiro atoms. The molecule has 5 fully saturated rings. The van der Waals surface area contributed by atoms with Crippen molar-refractivity contribution in [3.63, 3.8) is 0 Å². The number of carbonyl (C=O) groups excluding carboxylic acids is 1. The summed E-state index contributed by atoms with van der Waals surface area (Å²) in [5.74, 6) is 0.825. The van der Waals surface area contributed by atoms with Gasteiger partial charge in [0.1, 0.15) is 0 Å². The van der Waals surface area contributed by atoms with Crippen LogP contribution in [0.5, 0.6) is 0 Å². The van der Waals surface area contributed by atoms with Gasteiger partial charge in [-0.15, -0.1) is 0 Å². The summed E-state index contributed by atoms with van der Waals surface area (Å²) in [6.45, 7) is 10.6. The average Bonchev–Trinajstić information content (AvgIpc) is 3.51. The molecule has 6 unspecified atom stereocenters. The third-order valence-electron chi connectivity index (χ3n) is 13.0. The molecule has 2 aliphatic carbocycles. The number of nitrogens with one attached hydrogen (secondary N) is 2. The van der Waals surface area contributed by atoms with Crippen molar-refractivity contribution in [3.05, 3.63) is 47.5 Å². The maximum atomic E-state index is 12.8. The van der Waals surface area contributed by atoms with Crippen LogP contribution in [0.1, 0.15) is 87.3 Å². The van der Waals surface area contributed by atoms with Crippen molar-refractivity contribution in [2.75, 3.05) is 39.8 Å². The molecule has 4 aliphatic heterocycles. The number of fused-ring (bicyclic) bond motifs is 2. The number of ether oxygens (including phenoxy) is 2. The molecular formula is C38H56N6O3. The number of likely N-dealkylation sites (tertiary alicyclic amines) is 1. The fourth-order valence-corrected chi connectivity index (χ4v) is 10.5. The van der Waals surface area contributed by atoms with Gasteiger partial charge in [-0.05, 0) is 94.1 Å². The Bertz CT molecular complexity index is 1340. The highest BCUT2D eigenvalue weighted by Gasteiger charge is 2.61. The molecule has 1 aromatic rings. The van der Waals surface area contributed by atoms with E-state index in [9.17, 15) is 10.1 Å². The molecule has 2 saturated carbocycles. The largest absolute Gasteiger partial charge is 0.370 e. The quantitative estimate of drug-likeness (QED) is 0.421. The van der Waals surface area contributed by atoms with Gasteiger partial charge in [-0.3, -0.25) is 20.3 Å². The highest BCUT2D eigenvalue weighted by molar-refractivity contribution is 5.87. The number of nitriles is 1. The summed E-state index contributed by atoms with van der Waals surface area (Å²) < 4.78 is 13.9. The number of aryl methyl sites for hydroxylation is 1. The molecule has 9 nitrogen and oxygen atoms in total. The van der Waals surface area contributed by atoms with Gasteiger partial charge in [-0.2, -0.15) is 5.26 Å². The number of hydrogen-bond donors (Lipinski definition) is 2. The zero-order valence-corrected chi connectivity index (χ0v) is 28.7. The Hall–Kier alpha value is -2.32. The van der Waals surface area contributed by atoms with Crippen LogP contribution in [-0.4, -0.2) is 96.2 Å². The number of piperazine rings is 1. The van der Waals surface area contributed by atoms with Crippen molar-refractivity contribution in [2.45, 2.75) is 126 Å². The van der Waals surface area contributed by atoms with Gasteiger partial charge < -0.3 is 19.3 Å². The average molecular weight is 645 g/mol. The number of amides is 1. The van der Waals surface area contributed by atoms with Crippen molar-refractivity contribution in [2.24, 2.45) is 11.8 Å². The molecule has 2 N–H and O–H groups in total. The standard InChI is InChI=1S/C38H56N6O3/c1-4-34(45)44-21-20-43(23-30(44)16-18-39)35-33-15-17-37(22-32-27(2)10-8-11-28(32)24-47-37)26-38(33,29-12-6-5-7-13-29)41-36(40-35)46-25-31-14-9-19-42(31)3/h4,8,10-11,29-31,33,35-36,40-41H,1,5-7,9,12-17,19-26H2,2-3H3/t30?,31?,33?,35?,36?,37-,38?/m0/s1. The number of nitrogens with zero attached hydrogens (tertiary/aromatic N) is 4. The van der Waals surface area contributed by atoms with Crippen LogP contribution in [0.2, 0.25) is 0 Å². The summed E-state index contributed by atoms with van der Waals surface area (Å²) in [5.41, 5.74) is 3.88. The lowest BCUT2D eigenvalue weighted by molar-refractivity contribution is -0.194. The maximum Gasteiger partial charge on any atom is 0.246 e. The molecule has 4 heterocycles. The molecule has 0 aromatic heterocycles. The Balaban J connectivity index is 1.23. The van der Waals surface area contributed by atoms with Gasteiger partial charge in [0.25, 0.3) is 0 Å². The van der Waals surface area contributed by atoms with E-state index in [4.69, 9.17) is 9.47 Å². The summed E-state index contributed by atoms with van der Waals surface area (Å²) in [6.07, 6.45) is 14.3. The van der Waals surface area contributed by atoms with E-state index < -0.39 is 0 Å². The maximum absolute atomic E-state index is 12.8. The molecule has 1 aromatic carbocycles. The van der Waals surface area contributed by atoms with Crippen molar-refractivity contribution >= 4 is 5.91 Å². The Morgan fingerprint density at radius 1 is 1.15 bits per heavy atom. The molecule has 256 valence electrons. The minimum atomic E-state index is -0.276. The highest BCUT2D eigenvalue weighted by atomic mass is 16.5. The van der Waals surface area contributed by atoms with Crippen molar-refractivity contribution in [3.8, 4) is 6.07 Å². The van der Waals surface area contributed by atoms with Crippen LogP contribution in [0.15, 0.2) is 30.9 Å². The molecule has 6 aliphatic rings. The fourth-order valence-electron chi connectivity index (χ4n) is 10.5. The van der Waals surface area contributed by atoms with E-state index in [2.05, 4.69) is 65.3 Å². The lowest BCUT2D eigenvalue weighted by Gasteiger charge is -2.64. The van der Waals surface area contributed by atoms with Crippen LogP contribution in [0.25, 0.3) is 0 Å². The lowest BCUT2D eigenvalue weighted by atomic mass is 9.55. The first-order valence-electron chi connectivity index (χ1n) is 18.5. The van der Waals surface area contributed by atoms with Crippen LogP contribution in [0, 0.1) is 30.1 Å².